The first kappa shape index (κ1) is 9.70. The van der Waals surface area contributed by atoms with Crippen molar-refractivity contribution in [3.63, 3.8) is 0 Å². The van der Waals surface area contributed by atoms with Crippen LogP contribution < -0.4 is 4.74 Å². The lowest BCUT2D eigenvalue weighted by Crippen LogP contribution is -2.57. The van der Waals surface area contributed by atoms with Gasteiger partial charge in [-0.25, -0.2) is 0 Å². The number of piperidine rings is 1. The van der Waals surface area contributed by atoms with Crippen LogP contribution >= 0.6 is 0 Å². The number of fused-ring (bicyclic) bond motifs is 4. The molecule has 0 saturated carbocycles. The Kier molecular flexibility index (Phi) is 1.82. The van der Waals surface area contributed by atoms with Gasteiger partial charge >= 0.3 is 0 Å². The summed E-state index contributed by atoms with van der Waals surface area (Å²) in [5.41, 5.74) is 0.718. The first-order chi connectivity index (χ1) is 7.60. The van der Waals surface area contributed by atoms with Crippen LogP contribution in [-0.2, 0) is 4.79 Å². The van der Waals surface area contributed by atoms with E-state index in [1.165, 1.54) is 5.56 Å². The second-order valence-electron chi connectivity index (χ2n) is 4.87. The van der Waals surface area contributed by atoms with Crippen LogP contribution in [-0.4, -0.2) is 23.6 Å². The molecular weight excluding hydrogens is 202 g/mol. The molecule has 2 atom stereocenters. The van der Waals surface area contributed by atoms with Crippen molar-refractivity contribution >= 4 is 5.91 Å². The Hall–Kier alpha value is -1.51. The van der Waals surface area contributed by atoms with E-state index in [1.54, 1.807) is 4.90 Å². The summed E-state index contributed by atoms with van der Waals surface area (Å²) in [4.78, 5) is 13.6. The predicted octanol–water partition coefficient (Wildman–Crippen LogP) is 2.13. The quantitative estimate of drug-likeness (QED) is 0.666. The third-order valence-electron chi connectivity index (χ3n) is 3.82. The van der Waals surface area contributed by atoms with Crippen molar-refractivity contribution in [3.8, 4) is 5.75 Å². The monoisotopic (exact) mass is 217 g/mol. The fourth-order valence-electron chi connectivity index (χ4n) is 2.76. The lowest BCUT2D eigenvalue weighted by Gasteiger charge is -2.49. The van der Waals surface area contributed by atoms with Gasteiger partial charge < -0.3 is 9.64 Å². The lowest BCUT2D eigenvalue weighted by molar-refractivity contribution is -0.160. The topological polar surface area (TPSA) is 29.5 Å². The third-order valence-corrected chi connectivity index (χ3v) is 3.82. The molecule has 3 heteroatoms. The number of rotatable bonds is 0. The van der Waals surface area contributed by atoms with E-state index in [1.807, 2.05) is 32.2 Å². The normalized spacial score (nSPS) is 32.0. The highest BCUT2D eigenvalue weighted by Gasteiger charge is 2.47. The van der Waals surface area contributed by atoms with Crippen molar-refractivity contribution < 1.29 is 9.53 Å². The Morgan fingerprint density at radius 1 is 1.44 bits per heavy atom. The van der Waals surface area contributed by atoms with Gasteiger partial charge in [-0.15, -0.1) is 0 Å². The molecule has 0 aromatic heterocycles. The highest BCUT2D eigenvalue weighted by Crippen LogP contribution is 2.46. The molecule has 3 nitrogen and oxygen atoms in total. The standard InChI is InChI=1S/C13H15NO2/c1-13-8-9(7-12(15)14(13)2)10-5-3-4-6-11(10)16-13/h3-6,9H,7-8H2,1-2H3/t9-,13-/m0/s1. The van der Waals surface area contributed by atoms with Gasteiger partial charge in [0.05, 0.1) is 0 Å². The van der Waals surface area contributed by atoms with E-state index in [4.69, 9.17) is 4.74 Å². The molecule has 0 aliphatic carbocycles. The van der Waals surface area contributed by atoms with Gasteiger partial charge in [-0.3, -0.25) is 4.79 Å². The molecule has 2 aliphatic rings. The molecule has 1 aromatic carbocycles. The number of carbonyl (C=O) groups is 1. The van der Waals surface area contributed by atoms with Crippen LogP contribution in [0.15, 0.2) is 24.3 Å². The van der Waals surface area contributed by atoms with Gasteiger partial charge in [-0.1, -0.05) is 18.2 Å². The van der Waals surface area contributed by atoms with Crippen molar-refractivity contribution in [2.45, 2.75) is 31.4 Å². The lowest BCUT2D eigenvalue weighted by atomic mass is 9.81. The molecule has 84 valence electrons. The van der Waals surface area contributed by atoms with E-state index in [2.05, 4.69) is 6.07 Å². The van der Waals surface area contributed by atoms with Gasteiger partial charge in [0.15, 0.2) is 5.72 Å². The molecule has 16 heavy (non-hydrogen) atoms. The maximum absolute atomic E-state index is 11.9. The van der Waals surface area contributed by atoms with Gasteiger partial charge in [0, 0.05) is 25.8 Å². The summed E-state index contributed by atoms with van der Waals surface area (Å²) in [5.74, 6) is 1.42. The average molecular weight is 217 g/mol. The Morgan fingerprint density at radius 2 is 2.19 bits per heavy atom. The summed E-state index contributed by atoms with van der Waals surface area (Å²) >= 11 is 0. The maximum atomic E-state index is 11.9. The molecule has 3 rings (SSSR count). The van der Waals surface area contributed by atoms with Crippen LogP contribution in [0.2, 0.25) is 0 Å². The molecule has 2 bridgehead atoms. The van der Waals surface area contributed by atoms with Crippen LogP contribution in [0.4, 0.5) is 0 Å². The first-order valence-electron chi connectivity index (χ1n) is 5.65. The largest absolute Gasteiger partial charge is 0.468 e. The van der Waals surface area contributed by atoms with Crippen LogP contribution in [0.3, 0.4) is 0 Å². The minimum atomic E-state index is -0.464. The van der Waals surface area contributed by atoms with Crippen LogP contribution in [0.1, 0.15) is 31.2 Å². The number of amides is 1. The Morgan fingerprint density at radius 3 is 3.00 bits per heavy atom. The molecular formula is C13H15NO2. The summed E-state index contributed by atoms with van der Waals surface area (Å²) in [5, 5.41) is 0. The molecule has 0 radical (unpaired) electrons. The molecule has 1 aromatic rings. The number of para-hydroxylation sites is 1. The van der Waals surface area contributed by atoms with E-state index >= 15 is 0 Å². The van der Waals surface area contributed by atoms with Crippen LogP contribution in [0.5, 0.6) is 5.75 Å². The molecule has 2 aliphatic heterocycles. The molecule has 0 unspecified atom stereocenters. The van der Waals surface area contributed by atoms with Crippen molar-refractivity contribution in [1.82, 2.24) is 4.90 Å². The predicted molar refractivity (Wildman–Crippen MR) is 60.2 cm³/mol. The van der Waals surface area contributed by atoms with Gasteiger partial charge in [-0.2, -0.15) is 0 Å². The van der Waals surface area contributed by atoms with E-state index in [-0.39, 0.29) is 5.91 Å². The average Bonchev–Trinajstić information content (AvgIpc) is 2.26. The summed E-state index contributed by atoms with van der Waals surface area (Å²) in [7, 11) is 1.83. The second-order valence-corrected chi connectivity index (χ2v) is 4.87. The van der Waals surface area contributed by atoms with Gasteiger partial charge in [-0.05, 0) is 18.6 Å². The van der Waals surface area contributed by atoms with Gasteiger partial charge in [0.2, 0.25) is 5.91 Å². The number of nitrogens with zero attached hydrogens (tertiary/aromatic N) is 1. The fraction of sp³-hybridized carbons (Fsp3) is 0.462. The number of likely N-dealkylation sites (tertiary alicyclic amines) is 1. The van der Waals surface area contributed by atoms with Crippen molar-refractivity contribution in [2.24, 2.45) is 0 Å². The molecule has 1 saturated heterocycles. The number of hydrogen-bond acceptors (Lipinski definition) is 2. The molecule has 2 heterocycles. The Labute approximate surface area is 95.0 Å². The maximum Gasteiger partial charge on any atom is 0.225 e. The van der Waals surface area contributed by atoms with Crippen molar-refractivity contribution in [1.29, 1.82) is 0 Å². The third kappa shape index (κ3) is 1.17. The fourth-order valence-corrected chi connectivity index (χ4v) is 2.76. The SMILES string of the molecule is CN1C(=O)C[C@H]2C[C@]1(C)Oc1ccccc12. The van der Waals surface area contributed by atoms with Crippen LogP contribution in [0.25, 0.3) is 0 Å². The van der Waals surface area contributed by atoms with Gasteiger partial charge in [0.1, 0.15) is 5.75 Å². The van der Waals surface area contributed by atoms with E-state index in [0.717, 1.165) is 12.2 Å². The van der Waals surface area contributed by atoms with Crippen LogP contribution in [0, 0.1) is 0 Å². The molecule has 1 amide bonds. The molecule has 1 fully saturated rings. The number of carbonyl (C=O) groups excluding carboxylic acids is 1. The zero-order valence-corrected chi connectivity index (χ0v) is 9.56. The summed E-state index contributed by atoms with van der Waals surface area (Å²) in [6.07, 6.45) is 1.50. The van der Waals surface area contributed by atoms with Crippen molar-refractivity contribution in [3.05, 3.63) is 29.8 Å². The smallest absolute Gasteiger partial charge is 0.225 e. The minimum absolute atomic E-state index is 0.174. The van der Waals surface area contributed by atoms with Crippen molar-refractivity contribution in [2.75, 3.05) is 7.05 Å². The van der Waals surface area contributed by atoms with E-state index in [9.17, 15) is 4.79 Å². The summed E-state index contributed by atoms with van der Waals surface area (Å²) in [6.45, 7) is 1.99. The molecule has 0 N–H and O–H groups in total. The highest BCUT2D eigenvalue weighted by molar-refractivity contribution is 5.79. The van der Waals surface area contributed by atoms with E-state index in [0.29, 0.717) is 12.3 Å². The Balaban J connectivity index is 2.11. The summed E-state index contributed by atoms with van der Waals surface area (Å²) in [6, 6.07) is 8.04. The second kappa shape index (κ2) is 3.00. The zero-order valence-electron chi connectivity index (χ0n) is 9.56. The number of benzene rings is 1. The number of hydrogen-bond donors (Lipinski definition) is 0. The molecule has 0 spiro atoms. The Bertz CT molecular complexity index is 457. The van der Waals surface area contributed by atoms with E-state index < -0.39 is 5.72 Å². The minimum Gasteiger partial charge on any atom is -0.468 e. The zero-order chi connectivity index (χ0) is 11.3. The highest BCUT2D eigenvalue weighted by atomic mass is 16.5. The number of ether oxygens (including phenoxy) is 1. The summed E-state index contributed by atoms with van der Waals surface area (Å²) < 4.78 is 5.98. The van der Waals surface area contributed by atoms with Gasteiger partial charge in [0.25, 0.3) is 0 Å². The first-order valence-corrected chi connectivity index (χ1v) is 5.65.